The Morgan fingerprint density at radius 3 is 2.07 bits per heavy atom. The first-order chi connectivity index (χ1) is 14.0. The van der Waals surface area contributed by atoms with Crippen molar-refractivity contribution in [3.63, 3.8) is 0 Å². The molecule has 8 heteroatoms. The number of anilines is 2. The van der Waals surface area contributed by atoms with Crippen molar-refractivity contribution in [1.82, 2.24) is 9.78 Å². The first-order valence-electron chi connectivity index (χ1n) is 8.96. The Kier molecular flexibility index (Phi) is 6.03. The van der Waals surface area contributed by atoms with E-state index in [1.165, 1.54) is 19.2 Å². The fourth-order valence-corrected chi connectivity index (χ4v) is 2.53. The van der Waals surface area contributed by atoms with E-state index in [1.54, 1.807) is 48.5 Å². The molecule has 0 radical (unpaired) electrons. The van der Waals surface area contributed by atoms with E-state index in [2.05, 4.69) is 15.7 Å². The Morgan fingerprint density at radius 1 is 0.897 bits per heavy atom. The summed E-state index contributed by atoms with van der Waals surface area (Å²) in [5.74, 6) is 0.0116. The summed E-state index contributed by atoms with van der Waals surface area (Å²) in [5, 5.41) is 9.38. The van der Waals surface area contributed by atoms with Crippen LogP contribution in [0.25, 0.3) is 0 Å². The molecule has 0 atom stereocenters. The number of amides is 2. The van der Waals surface area contributed by atoms with Crippen molar-refractivity contribution >= 4 is 23.2 Å². The summed E-state index contributed by atoms with van der Waals surface area (Å²) in [6.45, 7) is 2.48. The molecule has 2 amide bonds. The summed E-state index contributed by atoms with van der Waals surface area (Å²) in [6, 6.07) is 16.2. The van der Waals surface area contributed by atoms with Gasteiger partial charge in [-0.05, 0) is 61.5 Å². The van der Waals surface area contributed by atoms with Gasteiger partial charge in [0.1, 0.15) is 11.4 Å². The fraction of sp³-hybridized carbons (Fsp3) is 0.143. The third kappa shape index (κ3) is 5.07. The van der Waals surface area contributed by atoms with Crippen molar-refractivity contribution in [2.45, 2.75) is 6.92 Å². The van der Waals surface area contributed by atoms with Gasteiger partial charge in [-0.15, -0.1) is 0 Å². The molecule has 148 valence electrons. The highest BCUT2D eigenvalue weighted by Crippen LogP contribution is 2.17. The number of carbonyl (C=O) groups is 2. The van der Waals surface area contributed by atoms with E-state index in [4.69, 9.17) is 4.74 Å². The van der Waals surface area contributed by atoms with Gasteiger partial charge in [0.15, 0.2) is 0 Å². The van der Waals surface area contributed by atoms with Gasteiger partial charge in [-0.1, -0.05) is 0 Å². The molecule has 0 fully saturated rings. The highest BCUT2D eigenvalue weighted by molar-refractivity contribution is 6.05. The van der Waals surface area contributed by atoms with E-state index in [-0.39, 0.29) is 17.2 Å². The Hall–Kier alpha value is -3.94. The number of hydrogen-bond donors (Lipinski definition) is 2. The lowest BCUT2D eigenvalue weighted by Gasteiger charge is -2.09. The molecule has 0 aliphatic heterocycles. The van der Waals surface area contributed by atoms with Crippen LogP contribution in [0.1, 0.15) is 27.8 Å². The summed E-state index contributed by atoms with van der Waals surface area (Å²) >= 11 is 0. The number of rotatable bonds is 6. The van der Waals surface area contributed by atoms with Crippen LogP contribution in [-0.2, 0) is 7.05 Å². The van der Waals surface area contributed by atoms with Crippen molar-refractivity contribution < 1.29 is 14.3 Å². The average molecular weight is 392 g/mol. The molecule has 2 aromatic carbocycles. The van der Waals surface area contributed by atoms with Gasteiger partial charge in [-0.25, -0.2) is 4.68 Å². The predicted molar refractivity (Wildman–Crippen MR) is 109 cm³/mol. The smallest absolute Gasteiger partial charge is 0.276 e. The highest BCUT2D eigenvalue weighted by Gasteiger charge is 2.10. The summed E-state index contributed by atoms with van der Waals surface area (Å²) in [5.41, 5.74) is 1.41. The molecular weight excluding hydrogens is 372 g/mol. The zero-order chi connectivity index (χ0) is 20.8. The number of carbonyl (C=O) groups excluding carboxylic acids is 2. The van der Waals surface area contributed by atoms with E-state index in [0.717, 1.165) is 10.4 Å². The van der Waals surface area contributed by atoms with Crippen LogP contribution in [0, 0.1) is 0 Å². The van der Waals surface area contributed by atoms with E-state index < -0.39 is 5.91 Å². The summed E-state index contributed by atoms with van der Waals surface area (Å²) < 4.78 is 6.46. The standard InChI is InChI=1S/C21H20N4O4/c1-3-29-17-10-8-16(9-11-17)22-20(27)14-4-6-15(7-5-14)23-21(28)18-12-13-19(26)25(2)24-18/h4-13H,3H2,1-2H3,(H,22,27)(H,23,28). The lowest BCUT2D eigenvalue weighted by atomic mass is 10.2. The normalized spacial score (nSPS) is 10.3. The SMILES string of the molecule is CCOc1ccc(NC(=O)c2ccc(NC(=O)c3ccc(=O)n(C)n3)cc2)cc1. The molecule has 29 heavy (non-hydrogen) atoms. The fourth-order valence-electron chi connectivity index (χ4n) is 2.53. The number of ether oxygens (including phenoxy) is 1. The molecule has 0 saturated heterocycles. The van der Waals surface area contributed by atoms with Crippen LogP contribution in [0.3, 0.4) is 0 Å². The minimum atomic E-state index is -0.452. The zero-order valence-corrected chi connectivity index (χ0v) is 16.0. The van der Waals surface area contributed by atoms with Gasteiger partial charge in [-0.2, -0.15) is 5.10 Å². The zero-order valence-electron chi connectivity index (χ0n) is 16.0. The van der Waals surface area contributed by atoms with Crippen LogP contribution in [0.4, 0.5) is 11.4 Å². The first-order valence-corrected chi connectivity index (χ1v) is 8.96. The topological polar surface area (TPSA) is 102 Å². The molecular formula is C21H20N4O4. The van der Waals surface area contributed by atoms with Crippen molar-refractivity contribution in [3.05, 3.63) is 82.3 Å². The summed E-state index contributed by atoms with van der Waals surface area (Å²) in [6.07, 6.45) is 0. The van der Waals surface area contributed by atoms with E-state index in [0.29, 0.717) is 23.5 Å². The molecule has 0 spiro atoms. The molecule has 2 N–H and O–H groups in total. The van der Waals surface area contributed by atoms with Crippen molar-refractivity contribution in [2.75, 3.05) is 17.2 Å². The van der Waals surface area contributed by atoms with Gasteiger partial charge in [-0.3, -0.25) is 14.4 Å². The number of hydrogen-bond acceptors (Lipinski definition) is 5. The molecule has 0 saturated carbocycles. The van der Waals surface area contributed by atoms with E-state index in [9.17, 15) is 14.4 Å². The second-order valence-corrected chi connectivity index (χ2v) is 6.12. The van der Waals surface area contributed by atoms with Crippen LogP contribution < -0.4 is 20.9 Å². The molecule has 0 aliphatic rings. The minimum absolute atomic E-state index is 0.115. The van der Waals surface area contributed by atoms with Crippen LogP contribution in [-0.4, -0.2) is 28.2 Å². The maximum atomic E-state index is 12.4. The molecule has 3 rings (SSSR count). The molecule has 8 nitrogen and oxygen atoms in total. The van der Waals surface area contributed by atoms with Gasteiger partial charge < -0.3 is 15.4 Å². The molecule has 0 aliphatic carbocycles. The van der Waals surface area contributed by atoms with E-state index >= 15 is 0 Å². The Morgan fingerprint density at radius 2 is 1.48 bits per heavy atom. The molecule has 3 aromatic rings. The van der Waals surface area contributed by atoms with Crippen LogP contribution >= 0.6 is 0 Å². The second-order valence-electron chi connectivity index (χ2n) is 6.12. The number of nitrogens with one attached hydrogen (secondary N) is 2. The quantitative estimate of drug-likeness (QED) is 0.671. The third-order valence-corrected chi connectivity index (χ3v) is 4.02. The number of aryl methyl sites for hydroxylation is 1. The predicted octanol–water partition coefficient (Wildman–Crippen LogP) is 2.68. The molecule has 1 heterocycles. The third-order valence-electron chi connectivity index (χ3n) is 4.02. The number of nitrogens with zero attached hydrogens (tertiary/aromatic N) is 2. The van der Waals surface area contributed by atoms with E-state index in [1.807, 2.05) is 6.92 Å². The monoisotopic (exact) mass is 392 g/mol. The lowest BCUT2D eigenvalue weighted by molar-refractivity contribution is 0.101. The number of aromatic nitrogens is 2. The van der Waals surface area contributed by atoms with Gasteiger partial charge >= 0.3 is 0 Å². The van der Waals surface area contributed by atoms with Gasteiger partial charge in [0, 0.05) is 30.1 Å². The Balaban J connectivity index is 1.62. The highest BCUT2D eigenvalue weighted by atomic mass is 16.5. The number of benzene rings is 2. The Bertz CT molecular complexity index is 1070. The van der Waals surface area contributed by atoms with Crippen molar-refractivity contribution in [2.24, 2.45) is 7.05 Å². The average Bonchev–Trinajstić information content (AvgIpc) is 2.72. The largest absolute Gasteiger partial charge is 0.494 e. The first kappa shape index (κ1) is 19.8. The molecule has 0 bridgehead atoms. The van der Waals surface area contributed by atoms with Crippen LogP contribution in [0.2, 0.25) is 0 Å². The summed E-state index contributed by atoms with van der Waals surface area (Å²) in [4.78, 5) is 36.0. The molecule has 1 aromatic heterocycles. The maximum absolute atomic E-state index is 12.4. The van der Waals surface area contributed by atoms with Crippen LogP contribution in [0.15, 0.2) is 65.5 Å². The van der Waals surface area contributed by atoms with Crippen LogP contribution in [0.5, 0.6) is 5.75 Å². The van der Waals surface area contributed by atoms with Crippen molar-refractivity contribution in [3.8, 4) is 5.75 Å². The van der Waals surface area contributed by atoms with Gasteiger partial charge in [0.05, 0.1) is 6.61 Å². The molecule has 0 unspecified atom stereocenters. The summed E-state index contributed by atoms with van der Waals surface area (Å²) in [7, 11) is 1.47. The maximum Gasteiger partial charge on any atom is 0.276 e. The minimum Gasteiger partial charge on any atom is -0.494 e. The lowest BCUT2D eigenvalue weighted by Crippen LogP contribution is -2.23. The van der Waals surface area contributed by atoms with Crippen molar-refractivity contribution in [1.29, 1.82) is 0 Å². The van der Waals surface area contributed by atoms with Gasteiger partial charge in [0.2, 0.25) is 0 Å². The second kappa shape index (κ2) is 8.83. The Labute approximate surface area is 167 Å². The van der Waals surface area contributed by atoms with Gasteiger partial charge in [0.25, 0.3) is 17.4 Å².